The number of amides is 3. The number of carbonyl (C=O) groups excluding carboxylic acids is 3. The van der Waals surface area contributed by atoms with Gasteiger partial charge in [-0.15, -0.1) is 0 Å². The van der Waals surface area contributed by atoms with E-state index in [1.54, 1.807) is 24.3 Å². The molecule has 0 aliphatic carbocycles. The van der Waals surface area contributed by atoms with Crippen LogP contribution in [0.4, 0.5) is 11.4 Å². The molecule has 3 heterocycles. The number of fused-ring (bicyclic) bond motifs is 4. The van der Waals surface area contributed by atoms with E-state index < -0.39 is 17.4 Å². The molecular weight excluding hydrogens is 358 g/mol. The number of nitrogens with zero attached hydrogens (tertiary/aromatic N) is 1. The molecule has 1 spiro atoms. The van der Waals surface area contributed by atoms with Crippen LogP contribution in [-0.2, 0) is 19.9 Å². The van der Waals surface area contributed by atoms with Crippen LogP contribution in [0.2, 0.25) is 0 Å². The monoisotopic (exact) mass is 378 g/mol. The highest BCUT2D eigenvalue weighted by Gasteiger charge is 2.73. The number of nitrogens with one attached hydrogen (secondary N) is 1. The molecule has 3 aliphatic heterocycles. The van der Waals surface area contributed by atoms with Crippen molar-refractivity contribution in [2.75, 3.05) is 17.3 Å². The zero-order valence-electron chi connectivity index (χ0n) is 15.5. The Morgan fingerprint density at radius 3 is 2.54 bits per heavy atom. The second-order valence-electron chi connectivity index (χ2n) is 7.58. The summed E-state index contributed by atoms with van der Waals surface area (Å²) in [6, 6.07) is 14.1. The van der Waals surface area contributed by atoms with E-state index in [2.05, 4.69) is 5.32 Å². The number of hydrogen-bond acceptors (Lipinski definition) is 4. The van der Waals surface area contributed by atoms with Gasteiger partial charge in [-0.1, -0.05) is 30.3 Å². The highest BCUT2D eigenvalue weighted by Crippen LogP contribution is 2.50. The molecule has 0 aromatic heterocycles. The maximum Gasteiger partial charge on any atom is 0.291 e. The summed E-state index contributed by atoms with van der Waals surface area (Å²) in [5.41, 5.74) is 0.767. The van der Waals surface area contributed by atoms with Crippen molar-refractivity contribution in [1.82, 2.24) is 0 Å². The molecule has 4 atom stereocenters. The Morgan fingerprint density at radius 1 is 1.04 bits per heavy atom. The Hall–Kier alpha value is -3.19. The minimum Gasteiger partial charge on any atom is -0.495 e. The molecule has 2 aromatic carbocycles. The zero-order valence-corrected chi connectivity index (χ0v) is 15.5. The average Bonchev–Trinajstić information content (AvgIpc) is 3.26. The number of methoxy groups -OCH3 is 1. The molecule has 3 aliphatic rings. The summed E-state index contributed by atoms with van der Waals surface area (Å²) in [5, 5.41) is 4.79. The summed E-state index contributed by atoms with van der Waals surface area (Å²) in [7, 11) is 1.50. The Morgan fingerprint density at radius 2 is 1.75 bits per heavy atom. The van der Waals surface area contributed by atoms with Gasteiger partial charge in [0.25, 0.3) is 5.91 Å². The summed E-state index contributed by atoms with van der Waals surface area (Å²) in [4.78, 5) is 41.2. The van der Waals surface area contributed by atoms with Crippen LogP contribution in [0, 0.1) is 11.8 Å². The van der Waals surface area contributed by atoms with Gasteiger partial charge in [0.1, 0.15) is 17.6 Å². The fourth-order valence-electron chi connectivity index (χ4n) is 5.15. The molecule has 7 nitrogen and oxygen atoms in total. The lowest BCUT2D eigenvalue weighted by Gasteiger charge is -2.26. The number of carbonyl (C=O) groups is 3. The number of benzene rings is 2. The molecule has 3 amide bonds. The van der Waals surface area contributed by atoms with Crippen molar-refractivity contribution in [1.29, 1.82) is 0 Å². The largest absolute Gasteiger partial charge is 0.495 e. The molecule has 0 saturated carbocycles. The van der Waals surface area contributed by atoms with Gasteiger partial charge in [0, 0.05) is 5.56 Å². The first kappa shape index (κ1) is 16.9. The minimum absolute atomic E-state index is 0.210. The van der Waals surface area contributed by atoms with E-state index in [0.717, 1.165) is 5.56 Å². The van der Waals surface area contributed by atoms with Gasteiger partial charge >= 0.3 is 0 Å². The number of rotatable bonds is 2. The maximum atomic E-state index is 13.6. The third-order valence-corrected chi connectivity index (χ3v) is 6.26. The van der Waals surface area contributed by atoms with Crippen molar-refractivity contribution in [2.45, 2.75) is 18.5 Å². The number of imide groups is 1. The molecule has 7 heteroatoms. The first-order valence-corrected chi connectivity index (χ1v) is 9.28. The van der Waals surface area contributed by atoms with Crippen LogP contribution in [0.1, 0.15) is 12.5 Å². The van der Waals surface area contributed by atoms with E-state index in [4.69, 9.17) is 4.74 Å². The molecule has 2 fully saturated rings. The predicted octanol–water partition coefficient (Wildman–Crippen LogP) is 0.614. The SMILES string of the molecule is COc1ccccc1N1C(=O)[C@H]2[C@@H](C1=O)[C@]1([NH2+][C@@H]2C)C(=O)Nc2ccccc21. The average molecular weight is 378 g/mol. The Kier molecular flexibility index (Phi) is 3.42. The van der Waals surface area contributed by atoms with E-state index in [0.29, 0.717) is 17.1 Å². The summed E-state index contributed by atoms with van der Waals surface area (Å²) in [6.07, 6.45) is 0. The van der Waals surface area contributed by atoms with E-state index in [-0.39, 0.29) is 23.8 Å². The normalized spacial score (nSPS) is 30.6. The molecule has 3 N–H and O–H groups in total. The van der Waals surface area contributed by atoms with Gasteiger partial charge in [-0.05, 0) is 25.1 Å². The Labute approximate surface area is 161 Å². The van der Waals surface area contributed by atoms with Crippen LogP contribution in [-0.4, -0.2) is 30.9 Å². The van der Waals surface area contributed by atoms with Gasteiger partial charge in [0.15, 0.2) is 0 Å². The van der Waals surface area contributed by atoms with Crippen LogP contribution in [0.3, 0.4) is 0 Å². The number of ether oxygens (including phenoxy) is 1. The van der Waals surface area contributed by atoms with E-state index in [1.807, 2.05) is 36.5 Å². The third kappa shape index (κ3) is 1.89. The number of hydrogen-bond donors (Lipinski definition) is 2. The predicted molar refractivity (Wildman–Crippen MR) is 101 cm³/mol. The van der Waals surface area contributed by atoms with E-state index >= 15 is 0 Å². The van der Waals surface area contributed by atoms with Crippen LogP contribution >= 0.6 is 0 Å². The third-order valence-electron chi connectivity index (χ3n) is 6.26. The maximum absolute atomic E-state index is 13.6. The number of para-hydroxylation sites is 3. The molecule has 142 valence electrons. The molecule has 28 heavy (non-hydrogen) atoms. The van der Waals surface area contributed by atoms with E-state index in [1.165, 1.54) is 12.0 Å². The fraction of sp³-hybridized carbons (Fsp3) is 0.286. The van der Waals surface area contributed by atoms with Crippen molar-refractivity contribution in [2.24, 2.45) is 11.8 Å². The quantitative estimate of drug-likeness (QED) is 0.749. The lowest BCUT2D eigenvalue weighted by Crippen LogP contribution is -2.98. The summed E-state index contributed by atoms with van der Waals surface area (Å²) >= 11 is 0. The van der Waals surface area contributed by atoms with Crippen molar-refractivity contribution in [3.63, 3.8) is 0 Å². The molecule has 5 rings (SSSR count). The summed E-state index contributed by atoms with van der Waals surface area (Å²) in [6.45, 7) is 1.90. The Balaban J connectivity index is 1.68. The topological polar surface area (TPSA) is 92.3 Å². The second kappa shape index (κ2) is 5.65. The van der Waals surface area contributed by atoms with Gasteiger partial charge in [0.05, 0.1) is 24.5 Å². The summed E-state index contributed by atoms with van der Waals surface area (Å²) in [5.74, 6) is -1.76. The summed E-state index contributed by atoms with van der Waals surface area (Å²) < 4.78 is 5.36. The van der Waals surface area contributed by atoms with Crippen LogP contribution in [0.5, 0.6) is 5.75 Å². The number of nitrogens with two attached hydrogens (primary N) is 1. The standard InChI is InChI=1S/C21H19N3O4/c1-11-16-17(21(23-11)12-7-3-4-8-13(12)22-20(21)27)19(26)24(18(16)25)14-9-5-6-10-15(14)28-2/h3-11,16-17,23H,1-2H3,(H,22,27)/p+1/t11-,16-,17+,21+/m1/s1. The fourth-order valence-corrected chi connectivity index (χ4v) is 5.15. The lowest BCUT2D eigenvalue weighted by atomic mass is 9.76. The molecular formula is C21H20N3O4+. The van der Waals surface area contributed by atoms with E-state index in [9.17, 15) is 14.4 Å². The number of quaternary nitrogens is 1. The van der Waals surface area contributed by atoms with Crippen molar-refractivity contribution >= 4 is 29.1 Å². The molecule has 0 bridgehead atoms. The van der Waals surface area contributed by atoms with Crippen molar-refractivity contribution in [3.05, 3.63) is 54.1 Å². The number of anilines is 2. The van der Waals surface area contributed by atoms with Crippen molar-refractivity contribution < 1.29 is 24.4 Å². The molecule has 2 saturated heterocycles. The van der Waals surface area contributed by atoms with Crippen molar-refractivity contribution in [3.8, 4) is 5.75 Å². The molecule has 0 radical (unpaired) electrons. The van der Waals surface area contributed by atoms with Crippen LogP contribution in [0.15, 0.2) is 48.5 Å². The van der Waals surface area contributed by atoms with Gasteiger partial charge in [-0.2, -0.15) is 0 Å². The first-order valence-electron chi connectivity index (χ1n) is 9.28. The smallest absolute Gasteiger partial charge is 0.291 e. The van der Waals surface area contributed by atoms with Gasteiger partial charge in [-0.3, -0.25) is 14.4 Å². The lowest BCUT2D eigenvalue weighted by molar-refractivity contribution is -0.730. The molecule has 0 unspecified atom stereocenters. The Bertz CT molecular complexity index is 1040. The zero-order chi connectivity index (χ0) is 19.6. The second-order valence-corrected chi connectivity index (χ2v) is 7.58. The van der Waals surface area contributed by atoms with Gasteiger partial charge in [0.2, 0.25) is 17.4 Å². The van der Waals surface area contributed by atoms with Gasteiger partial charge < -0.3 is 15.4 Å². The minimum atomic E-state index is -1.12. The molecule has 2 aromatic rings. The highest BCUT2D eigenvalue weighted by molar-refractivity contribution is 6.25. The van der Waals surface area contributed by atoms with Gasteiger partial charge in [-0.25, -0.2) is 4.90 Å². The van der Waals surface area contributed by atoms with Crippen LogP contribution in [0.25, 0.3) is 0 Å². The van der Waals surface area contributed by atoms with Crippen LogP contribution < -0.4 is 20.3 Å². The first-order chi connectivity index (χ1) is 13.5. The highest BCUT2D eigenvalue weighted by atomic mass is 16.5.